The van der Waals surface area contributed by atoms with E-state index in [1.165, 1.54) is 0 Å². The molecule has 0 heterocycles. The third-order valence-corrected chi connectivity index (χ3v) is 3.92. The average Bonchev–Trinajstić information content (AvgIpc) is 2.40. The van der Waals surface area contributed by atoms with E-state index in [0.29, 0.717) is 25.0 Å². The van der Waals surface area contributed by atoms with Gasteiger partial charge in [-0.15, -0.1) is 0 Å². The topological polar surface area (TPSA) is 61.7 Å². The molecule has 0 bridgehead atoms. The van der Waals surface area contributed by atoms with Crippen molar-refractivity contribution in [1.82, 2.24) is 5.32 Å². The normalized spacial score (nSPS) is 25.6. The zero-order valence-corrected chi connectivity index (χ0v) is 12.9. The van der Waals surface area contributed by atoms with Crippen molar-refractivity contribution in [3.05, 3.63) is 12.2 Å². The van der Waals surface area contributed by atoms with E-state index in [1.807, 2.05) is 0 Å². The van der Waals surface area contributed by atoms with Gasteiger partial charge >= 0.3 is 0 Å². The number of allylic oxidation sites excluding steroid dienone is 2. The third-order valence-electron chi connectivity index (χ3n) is 3.92. The number of aliphatic hydroxyl groups excluding tert-OH is 2. The molecule has 0 radical (unpaired) electrons. The molecule has 0 fully saturated rings. The van der Waals surface area contributed by atoms with Crippen molar-refractivity contribution >= 4 is 0 Å². The smallest absolute Gasteiger partial charge is 0.0897 e. The van der Waals surface area contributed by atoms with Crippen molar-refractivity contribution in [1.29, 1.82) is 0 Å². The molecule has 4 atom stereocenters. The van der Waals surface area contributed by atoms with Crippen molar-refractivity contribution in [2.24, 2.45) is 11.8 Å². The Morgan fingerprint density at radius 2 is 2.05 bits per heavy atom. The van der Waals surface area contributed by atoms with E-state index in [0.717, 1.165) is 38.8 Å². The fraction of sp³-hybridized carbons (Fsp3) is 0.875. The maximum Gasteiger partial charge on any atom is 0.0897 e. The van der Waals surface area contributed by atoms with E-state index in [2.05, 4.69) is 24.4 Å². The van der Waals surface area contributed by atoms with Gasteiger partial charge in [-0.25, -0.2) is 0 Å². The lowest BCUT2D eigenvalue weighted by atomic mass is 9.85. The molecule has 0 aromatic carbocycles. The quantitative estimate of drug-likeness (QED) is 0.422. The largest absolute Gasteiger partial charge is 0.393 e. The summed E-state index contributed by atoms with van der Waals surface area (Å²) in [5.41, 5.74) is 0. The van der Waals surface area contributed by atoms with Gasteiger partial charge < -0.3 is 20.3 Å². The fourth-order valence-electron chi connectivity index (χ4n) is 2.44. The van der Waals surface area contributed by atoms with Gasteiger partial charge in [0.15, 0.2) is 0 Å². The Balaban J connectivity index is 1.97. The molecule has 4 unspecified atom stereocenters. The SMILES string of the molecule is CC(O)CCCNCC(O)COCC1CC=CCC1C. The van der Waals surface area contributed by atoms with Crippen molar-refractivity contribution < 1.29 is 14.9 Å². The molecule has 20 heavy (non-hydrogen) atoms. The molecule has 1 aliphatic carbocycles. The predicted octanol–water partition coefficient (Wildman–Crippen LogP) is 1.72. The molecule has 0 spiro atoms. The number of aliphatic hydroxyl groups is 2. The first-order chi connectivity index (χ1) is 9.59. The second-order valence-electron chi connectivity index (χ2n) is 6.07. The van der Waals surface area contributed by atoms with Crippen LogP contribution in [0.4, 0.5) is 0 Å². The minimum absolute atomic E-state index is 0.239. The van der Waals surface area contributed by atoms with Crippen LogP contribution in [0.1, 0.15) is 39.5 Å². The Labute approximate surface area is 123 Å². The number of nitrogens with one attached hydrogen (secondary N) is 1. The first kappa shape index (κ1) is 17.6. The van der Waals surface area contributed by atoms with Crippen LogP contribution < -0.4 is 5.32 Å². The van der Waals surface area contributed by atoms with Crippen molar-refractivity contribution in [3.8, 4) is 0 Å². The molecule has 0 aromatic heterocycles. The van der Waals surface area contributed by atoms with Crippen LogP contribution in [0.25, 0.3) is 0 Å². The molecule has 0 aliphatic heterocycles. The summed E-state index contributed by atoms with van der Waals surface area (Å²) >= 11 is 0. The van der Waals surface area contributed by atoms with Crippen LogP contribution in [-0.2, 0) is 4.74 Å². The highest BCUT2D eigenvalue weighted by atomic mass is 16.5. The van der Waals surface area contributed by atoms with Crippen LogP contribution in [0, 0.1) is 11.8 Å². The number of hydrogen-bond donors (Lipinski definition) is 3. The highest BCUT2D eigenvalue weighted by molar-refractivity contribution is 4.93. The molecule has 1 rings (SSSR count). The highest BCUT2D eigenvalue weighted by Crippen LogP contribution is 2.24. The Morgan fingerprint density at radius 1 is 1.30 bits per heavy atom. The third kappa shape index (κ3) is 8.00. The van der Waals surface area contributed by atoms with E-state index in [1.54, 1.807) is 6.92 Å². The monoisotopic (exact) mass is 285 g/mol. The van der Waals surface area contributed by atoms with Gasteiger partial charge in [-0.2, -0.15) is 0 Å². The summed E-state index contributed by atoms with van der Waals surface area (Å²) in [4.78, 5) is 0. The van der Waals surface area contributed by atoms with Crippen LogP contribution in [0.3, 0.4) is 0 Å². The zero-order valence-electron chi connectivity index (χ0n) is 12.9. The summed E-state index contributed by atoms with van der Waals surface area (Å²) in [6, 6.07) is 0. The summed E-state index contributed by atoms with van der Waals surface area (Å²) in [5, 5.41) is 22.1. The number of hydrogen-bond acceptors (Lipinski definition) is 4. The summed E-state index contributed by atoms with van der Waals surface area (Å²) in [5.74, 6) is 1.27. The van der Waals surface area contributed by atoms with Crippen molar-refractivity contribution in [3.63, 3.8) is 0 Å². The van der Waals surface area contributed by atoms with Gasteiger partial charge in [0, 0.05) is 6.54 Å². The fourth-order valence-corrected chi connectivity index (χ4v) is 2.44. The molecule has 0 aromatic rings. The second-order valence-corrected chi connectivity index (χ2v) is 6.07. The molecular weight excluding hydrogens is 254 g/mol. The number of ether oxygens (including phenoxy) is 1. The molecule has 3 N–H and O–H groups in total. The first-order valence-corrected chi connectivity index (χ1v) is 7.89. The van der Waals surface area contributed by atoms with E-state index in [4.69, 9.17) is 9.84 Å². The lowest BCUT2D eigenvalue weighted by molar-refractivity contribution is 0.0128. The summed E-state index contributed by atoms with van der Waals surface area (Å²) in [7, 11) is 0. The van der Waals surface area contributed by atoms with Gasteiger partial charge in [0.25, 0.3) is 0 Å². The number of rotatable bonds is 10. The van der Waals surface area contributed by atoms with E-state index >= 15 is 0 Å². The molecule has 0 amide bonds. The van der Waals surface area contributed by atoms with E-state index in [-0.39, 0.29) is 6.10 Å². The van der Waals surface area contributed by atoms with E-state index in [9.17, 15) is 5.11 Å². The zero-order chi connectivity index (χ0) is 14.8. The Morgan fingerprint density at radius 3 is 2.75 bits per heavy atom. The average molecular weight is 285 g/mol. The van der Waals surface area contributed by atoms with Crippen LogP contribution in [0.2, 0.25) is 0 Å². The molecule has 0 saturated heterocycles. The molecule has 1 aliphatic rings. The van der Waals surface area contributed by atoms with E-state index < -0.39 is 6.10 Å². The van der Waals surface area contributed by atoms with Crippen LogP contribution >= 0.6 is 0 Å². The van der Waals surface area contributed by atoms with Gasteiger partial charge in [0.05, 0.1) is 25.4 Å². The first-order valence-electron chi connectivity index (χ1n) is 7.89. The minimum Gasteiger partial charge on any atom is -0.393 e. The predicted molar refractivity (Wildman–Crippen MR) is 81.6 cm³/mol. The lowest BCUT2D eigenvalue weighted by Gasteiger charge is -2.25. The summed E-state index contributed by atoms with van der Waals surface area (Å²) < 4.78 is 5.64. The maximum absolute atomic E-state index is 9.80. The maximum atomic E-state index is 9.80. The van der Waals surface area contributed by atoms with Gasteiger partial charge in [-0.3, -0.25) is 0 Å². The Hall–Kier alpha value is -0.420. The lowest BCUT2D eigenvalue weighted by Crippen LogP contribution is -2.32. The van der Waals surface area contributed by atoms with Gasteiger partial charge in [-0.1, -0.05) is 19.1 Å². The minimum atomic E-state index is -0.448. The standard InChI is InChI=1S/C16H31NO3/c1-13-6-3-4-8-15(13)11-20-12-16(19)10-17-9-5-7-14(2)18/h3-4,13-19H,5-12H2,1-2H3. The van der Waals surface area contributed by atoms with Gasteiger partial charge in [0.1, 0.15) is 0 Å². The molecule has 0 saturated carbocycles. The molecular formula is C16H31NO3. The summed E-state index contributed by atoms with van der Waals surface area (Å²) in [6.07, 6.45) is 7.74. The van der Waals surface area contributed by atoms with Gasteiger partial charge in [0.2, 0.25) is 0 Å². The van der Waals surface area contributed by atoms with Crippen LogP contribution in [-0.4, -0.2) is 48.7 Å². The molecule has 4 heteroatoms. The Kier molecular flexibility index (Phi) is 9.10. The molecule has 4 nitrogen and oxygen atoms in total. The highest BCUT2D eigenvalue weighted by Gasteiger charge is 2.18. The summed E-state index contributed by atoms with van der Waals surface area (Å²) in [6.45, 7) is 6.58. The van der Waals surface area contributed by atoms with Gasteiger partial charge in [-0.05, 0) is 51.0 Å². The van der Waals surface area contributed by atoms with Crippen molar-refractivity contribution in [2.75, 3.05) is 26.3 Å². The molecule has 118 valence electrons. The van der Waals surface area contributed by atoms with Crippen molar-refractivity contribution in [2.45, 2.75) is 51.7 Å². The Bertz CT molecular complexity index is 268. The van der Waals surface area contributed by atoms with Crippen LogP contribution in [0.15, 0.2) is 12.2 Å². The second kappa shape index (κ2) is 10.3. The van der Waals surface area contributed by atoms with Crippen LogP contribution in [0.5, 0.6) is 0 Å².